The summed E-state index contributed by atoms with van der Waals surface area (Å²) < 4.78 is 74.7. The fraction of sp³-hybridized carbons (Fsp3) is 0.400. The topological polar surface area (TPSA) is 26.0 Å². The first-order valence-electron chi connectivity index (χ1n) is 4.59. The number of rotatable bonds is 2. The van der Waals surface area contributed by atoms with Crippen LogP contribution in [0.2, 0.25) is 0 Å². The molecule has 17 heavy (non-hydrogen) atoms. The highest BCUT2D eigenvalue weighted by molar-refractivity contribution is 5.32. The lowest BCUT2D eigenvalue weighted by Gasteiger charge is -2.25. The van der Waals surface area contributed by atoms with E-state index in [0.717, 1.165) is 18.2 Å². The summed E-state index contributed by atoms with van der Waals surface area (Å²) >= 11 is 0. The molecule has 0 unspecified atom stereocenters. The Morgan fingerprint density at radius 3 is 1.82 bits per heavy atom. The second kappa shape index (κ2) is 4.56. The quantitative estimate of drug-likeness (QED) is 0.808. The molecule has 1 aromatic rings. The highest BCUT2D eigenvalue weighted by Gasteiger charge is 2.57. The molecular formula is C10H9F6N. The summed E-state index contributed by atoms with van der Waals surface area (Å²) in [4.78, 5) is 0. The Labute approximate surface area is 93.2 Å². The molecule has 96 valence electrons. The lowest BCUT2D eigenvalue weighted by atomic mass is 9.93. The molecule has 1 rings (SSSR count). The van der Waals surface area contributed by atoms with Crippen LogP contribution in [0.3, 0.4) is 0 Å². The fourth-order valence-corrected chi connectivity index (χ4v) is 1.54. The Balaban J connectivity index is 3.33. The van der Waals surface area contributed by atoms with Crippen molar-refractivity contribution in [1.82, 2.24) is 0 Å². The first kappa shape index (κ1) is 13.8. The fourth-order valence-electron chi connectivity index (χ4n) is 1.54. The summed E-state index contributed by atoms with van der Waals surface area (Å²) in [5.74, 6) is -3.49. The zero-order chi connectivity index (χ0) is 13.3. The van der Waals surface area contributed by atoms with Crippen LogP contribution in [0.4, 0.5) is 26.3 Å². The molecule has 1 nitrogen and oxygen atoms in total. The van der Waals surface area contributed by atoms with E-state index in [-0.39, 0.29) is 12.1 Å². The van der Waals surface area contributed by atoms with E-state index in [1.807, 2.05) is 0 Å². The Hall–Kier alpha value is -1.24. The van der Waals surface area contributed by atoms with E-state index < -0.39 is 23.8 Å². The molecule has 0 amide bonds. The number of hydrogen-bond donors (Lipinski definition) is 1. The molecule has 0 radical (unpaired) electrons. The van der Waals surface area contributed by atoms with Gasteiger partial charge < -0.3 is 5.73 Å². The van der Waals surface area contributed by atoms with Crippen molar-refractivity contribution < 1.29 is 26.3 Å². The molecule has 0 aliphatic rings. The number of benzene rings is 1. The normalized spacial score (nSPS) is 13.2. The maximum atomic E-state index is 12.5. The van der Waals surface area contributed by atoms with Gasteiger partial charge in [-0.25, -0.2) is 0 Å². The first-order chi connectivity index (χ1) is 7.68. The summed E-state index contributed by atoms with van der Waals surface area (Å²) in [5, 5.41) is 0. The summed E-state index contributed by atoms with van der Waals surface area (Å²) in [6.07, 6.45) is -10.8. The van der Waals surface area contributed by atoms with Crippen molar-refractivity contribution in [3.63, 3.8) is 0 Å². The van der Waals surface area contributed by atoms with Crippen LogP contribution in [0.15, 0.2) is 24.3 Å². The molecule has 0 fully saturated rings. The smallest absolute Gasteiger partial charge is 0.326 e. The molecule has 0 aliphatic heterocycles. The third kappa shape index (κ3) is 3.12. The lowest BCUT2D eigenvalue weighted by molar-refractivity contribution is -0.253. The van der Waals surface area contributed by atoms with Crippen LogP contribution >= 0.6 is 0 Å². The van der Waals surface area contributed by atoms with Crippen molar-refractivity contribution in [2.24, 2.45) is 5.73 Å². The van der Waals surface area contributed by atoms with Crippen LogP contribution < -0.4 is 5.73 Å². The van der Waals surface area contributed by atoms with Gasteiger partial charge in [0.15, 0.2) is 5.92 Å². The average Bonchev–Trinajstić information content (AvgIpc) is 2.14. The summed E-state index contributed by atoms with van der Waals surface area (Å²) in [6, 6.07) is 4.42. The molecule has 0 aliphatic carbocycles. The van der Waals surface area contributed by atoms with E-state index in [9.17, 15) is 26.3 Å². The predicted octanol–water partition coefficient (Wildman–Crippen LogP) is 3.35. The van der Waals surface area contributed by atoms with Gasteiger partial charge in [0.25, 0.3) is 0 Å². The van der Waals surface area contributed by atoms with Gasteiger partial charge in [-0.3, -0.25) is 0 Å². The van der Waals surface area contributed by atoms with Crippen molar-refractivity contribution in [1.29, 1.82) is 0 Å². The molecular weight excluding hydrogens is 248 g/mol. The van der Waals surface area contributed by atoms with Crippen molar-refractivity contribution in [3.8, 4) is 0 Å². The van der Waals surface area contributed by atoms with E-state index in [1.54, 1.807) is 0 Å². The van der Waals surface area contributed by atoms with Gasteiger partial charge >= 0.3 is 12.4 Å². The molecule has 0 heterocycles. The van der Waals surface area contributed by atoms with Gasteiger partial charge in [0.1, 0.15) is 0 Å². The molecule has 0 spiro atoms. The minimum absolute atomic E-state index is 0.160. The minimum Gasteiger partial charge on any atom is -0.326 e. The van der Waals surface area contributed by atoms with Gasteiger partial charge in [0, 0.05) is 6.54 Å². The van der Waals surface area contributed by atoms with Crippen LogP contribution in [0.5, 0.6) is 0 Å². The predicted molar refractivity (Wildman–Crippen MR) is 49.2 cm³/mol. The van der Waals surface area contributed by atoms with Crippen molar-refractivity contribution in [3.05, 3.63) is 35.4 Å². The van der Waals surface area contributed by atoms with Gasteiger partial charge in [0.2, 0.25) is 0 Å². The average molecular weight is 257 g/mol. The van der Waals surface area contributed by atoms with Gasteiger partial charge in [-0.05, 0) is 11.1 Å². The number of hydrogen-bond acceptors (Lipinski definition) is 1. The Bertz CT molecular complexity index is 367. The lowest BCUT2D eigenvalue weighted by Crippen LogP contribution is -2.35. The Morgan fingerprint density at radius 2 is 1.41 bits per heavy atom. The zero-order valence-electron chi connectivity index (χ0n) is 8.44. The number of halogens is 6. The molecule has 0 aromatic heterocycles. The molecule has 1 aromatic carbocycles. The Kier molecular flexibility index (Phi) is 3.71. The maximum absolute atomic E-state index is 12.5. The molecule has 0 saturated carbocycles. The third-order valence-electron chi connectivity index (χ3n) is 2.24. The zero-order valence-corrected chi connectivity index (χ0v) is 8.44. The summed E-state index contributed by atoms with van der Waals surface area (Å²) in [5.41, 5.74) is 4.14. The molecule has 0 bridgehead atoms. The van der Waals surface area contributed by atoms with Crippen molar-refractivity contribution in [2.75, 3.05) is 0 Å². The van der Waals surface area contributed by atoms with Gasteiger partial charge in [0.05, 0.1) is 0 Å². The Morgan fingerprint density at radius 1 is 0.941 bits per heavy atom. The monoisotopic (exact) mass is 257 g/mol. The van der Waals surface area contributed by atoms with Gasteiger partial charge in [-0.15, -0.1) is 0 Å². The molecule has 7 heteroatoms. The summed E-state index contributed by atoms with van der Waals surface area (Å²) in [6.45, 7) is -0.376. The SMILES string of the molecule is NCc1ccccc1C(C(F)(F)F)C(F)(F)F. The first-order valence-corrected chi connectivity index (χ1v) is 4.59. The number of nitrogens with two attached hydrogens (primary N) is 1. The maximum Gasteiger partial charge on any atom is 0.404 e. The van der Waals surface area contributed by atoms with Crippen molar-refractivity contribution in [2.45, 2.75) is 24.8 Å². The second-order valence-corrected chi connectivity index (χ2v) is 3.42. The van der Waals surface area contributed by atoms with Gasteiger partial charge in [-0.1, -0.05) is 24.3 Å². The standard InChI is InChI=1S/C10H9F6N/c11-9(12,13)8(10(14,15)16)7-4-2-1-3-6(7)5-17/h1-4,8H,5,17H2. The van der Waals surface area contributed by atoms with E-state index >= 15 is 0 Å². The van der Waals surface area contributed by atoms with Crippen LogP contribution in [0.25, 0.3) is 0 Å². The summed E-state index contributed by atoms with van der Waals surface area (Å²) in [7, 11) is 0. The van der Waals surface area contributed by atoms with E-state index in [4.69, 9.17) is 5.73 Å². The van der Waals surface area contributed by atoms with Crippen molar-refractivity contribution >= 4 is 0 Å². The highest BCUT2D eigenvalue weighted by Crippen LogP contribution is 2.47. The highest BCUT2D eigenvalue weighted by atomic mass is 19.4. The third-order valence-corrected chi connectivity index (χ3v) is 2.24. The molecule has 0 atom stereocenters. The minimum atomic E-state index is -5.39. The van der Waals surface area contributed by atoms with E-state index in [0.29, 0.717) is 0 Å². The van der Waals surface area contributed by atoms with Crippen LogP contribution in [0, 0.1) is 0 Å². The molecule has 2 N–H and O–H groups in total. The largest absolute Gasteiger partial charge is 0.404 e. The van der Waals surface area contributed by atoms with E-state index in [2.05, 4.69) is 0 Å². The van der Waals surface area contributed by atoms with Gasteiger partial charge in [-0.2, -0.15) is 26.3 Å². The molecule has 0 saturated heterocycles. The van der Waals surface area contributed by atoms with Crippen LogP contribution in [-0.4, -0.2) is 12.4 Å². The second-order valence-electron chi connectivity index (χ2n) is 3.42. The van der Waals surface area contributed by atoms with E-state index in [1.165, 1.54) is 6.07 Å². The van der Waals surface area contributed by atoms with Crippen LogP contribution in [-0.2, 0) is 6.54 Å². The number of alkyl halides is 6. The van der Waals surface area contributed by atoms with Crippen LogP contribution in [0.1, 0.15) is 17.0 Å².